The number of rotatable bonds is 8. The summed E-state index contributed by atoms with van der Waals surface area (Å²) >= 11 is 0. The van der Waals surface area contributed by atoms with Crippen LogP contribution in [0.4, 0.5) is 0 Å². The van der Waals surface area contributed by atoms with E-state index in [9.17, 15) is 4.79 Å². The van der Waals surface area contributed by atoms with Gasteiger partial charge in [0.15, 0.2) is 0 Å². The van der Waals surface area contributed by atoms with Crippen LogP contribution in [0.1, 0.15) is 25.7 Å². The Morgan fingerprint density at radius 1 is 1.27 bits per heavy atom. The molecule has 0 spiro atoms. The largest absolute Gasteiger partial charge is 0.359 e. The summed E-state index contributed by atoms with van der Waals surface area (Å²) in [4.78, 5) is 13.6. The lowest BCUT2D eigenvalue weighted by atomic mass is 10.2. The molecule has 3 nitrogen and oxygen atoms in total. The van der Waals surface area contributed by atoms with E-state index in [1.807, 2.05) is 0 Å². The zero-order valence-corrected chi connectivity index (χ0v) is 6.88. The van der Waals surface area contributed by atoms with E-state index in [1.54, 1.807) is 0 Å². The molecule has 0 rings (SSSR count). The van der Waals surface area contributed by atoms with E-state index >= 15 is 0 Å². The molecule has 0 saturated heterocycles. The maximum atomic E-state index is 9.81. The highest BCUT2D eigenvalue weighted by Gasteiger charge is 1.87. The van der Waals surface area contributed by atoms with Gasteiger partial charge in [0.2, 0.25) is 6.41 Å². The minimum atomic E-state index is 0.741. The van der Waals surface area contributed by atoms with Gasteiger partial charge in [-0.2, -0.15) is 0 Å². The number of carbonyl (C=O) groups is 1. The van der Waals surface area contributed by atoms with Crippen molar-refractivity contribution < 1.29 is 4.79 Å². The molecule has 3 heteroatoms. The molecule has 0 radical (unpaired) electrons. The Morgan fingerprint density at radius 2 is 2.00 bits per heavy atom. The molecule has 64 valence electrons. The molecule has 0 aliphatic heterocycles. The highest BCUT2D eigenvalue weighted by Crippen LogP contribution is 1.98. The number of hydrogen-bond acceptors (Lipinski definition) is 2. The van der Waals surface area contributed by atoms with Gasteiger partial charge in [0.25, 0.3) is 0 Å². The van der Waals surface area contributed by atoms with Gasteiger partial charge in [-0.05, 0) is 19.6 Å². The summed E-state index contributed by atoms with van der Waals surface area (Å²) in [6.07, 6.45) is 5.27. The quantitative estimate of drug-likeness (QED) is 0.318. The normalized spacial score (nSPS) is 9.09. The Labute approximate surface area is 67.9 Å². The Kier molecular flexibility index (Phi) is 8.43. The molecule has 0 aliphatic rings. The lowest BCUT2D eigenvalue weighted by molar-refractivity contribution is -0.109. The first-order chi connectivity index (χ1) is 5.41. The van der Waals surface area contributed by atoms with Crippen LogP contribution in [0.15, 0.2) is 4.99 Å². The van der Waals surface area contributed by atoms with Crippen molar-refractivity contribution in [2.75, 3.05) is 13.1 Å². The summed E-state index contributed by atoms with van der Waals surface area (Å²) in [7, 11) is 0. The topological polar surface area (TPSA) is 41.5 Å². The van der Waals surface area contributed by atoms with E-state index in [0.717, 1.165) is 38.8 Å². The predicted octanol–water partition coefficient (Wildman–Crippen LogP) is 0.993. The minimum absolute atomic E-state index is 0.741. The molecule has 0 aromatic rings. The molecule has 0 bridgehead atoms. The number of carbonyl (C=O) groups excluding carboxylic acids is 1. The number of unbranched alkanes of at least 4 members (excludes halogenated alkanes) is 3. The monoisotopic (exact) mass is 156 g/mol. The minimum Gasteiger partial charge on any atom is -0.359 e. The summed E-state index contributed by atoms with van der Waals surface area (Å²) in [5, 5.41) is 2.62. The molecule has 0 aromatic carbocycles. The van der Waals surface area contributed by atoms with Crippen LogP contribution in [0.5, 0.6) is 0 Å². The van der Waals surface area contributed by atoms with Crippen LogP contribution in [-0.2, 0) is 4.79 Å². The van der Waals surface area contributed by atoms with Crippen LogP contribution >= 0.6 is 0 Å². The second-order valence-electron chi connectivity index (χ2n) is 2.43. The van der Waals surface area contributed by atoms with E-state index < -0.39 is 0 Å². The number of hydrogen-bond donors (Lipinski definition) is 1. The third kappa shape index (κ3) is 9.14. The highest BCUT2D eigenvalue weighted by atomic mass is 16.1. The summed E-state index contributed by atoms with van der Waals surface area (Å²) in [6, 6.07) is 0. The molecule has 0 saturated carbocycles. The van der Waals surface area contributed by atoms with Crippen molar-refractivity contribution in [1.82, 2.24) is 5.32 Å². The number of amides is 1. The molecule has 0 atom stereocenters. The Morgan fingerprint density at radius 3 is 2.64 bits per heavy atom. The number of nitrogens with zero attached hydrogens (tertiary/aromatic N) is 1. The molecular formula is C8H16N2O. The Hall–Kier alpha value is -0.860. The zero-order chi connectivity index (χ0) is 8.36. The van der Waals surface area contributed by atoms with Gasteiger partial charge in [0.1, 0.15) is 0 Å². The lowest BCUT2D eigenvalue weighted by Crippen LogP contribution is -2.11. The van der Waals surface area contributed by atoms with E-state index in [0.29, 0.717) is 0 Å². The molecule has 1 N–H and O–H groups in total. The van der Waals surface area contributed by atoms with Gasteiger partial charge < -0.3 is 10.3 Å². The van der Waals surface area contributed by atoms with Crippen molar-refractivity contribution >= 4 is 13.1 Å². The van der Waals surface area contributed by atoms with Gasteiger partial charge >= 0.3 is 0 Å². The predicted molar refractivity (Wildman–Crippen MR) is 47.0 cm³/mol. The SMILES string of the molecule is C=NCCCCCCNC=O. The van der Waals surface area contributed by atoms with Gasteiger partial charge in [0.05, 0.1) is 0 Å². The maximum absolute atomic E-state index is 9.81. The molecular weight excluding hydrogens is 140 g/mol. The van der Waals surface area contributed by atoms with Crippen LogP contribution in [-0.4, -0.2) is 26.2 Å². The van der Waals surface area contributed by atoms with Crippen LogP contribution in [0, 0.1) is 0 Å². The van der Waals surface area contributed by atoms with Gasteiger partial charge in [0, 0.05) is 13.1 Å². The smallest absolute Gasteiger partial charge is 0.207 e. The van der Waals surface area contributed by atoms with Crippen molar-refractivity contribution in [2.24, 2.45) is 4.99 Å². The lowest BCUT2D eigenvalue weighted by Gasteiger charge is -1.97. The van der Waals surface area contributed by atoms with E-state index in [2.05, 4.69) is 17.0 Å². The van der Waals surface area contributed by atoms with Crippen LogP contribution in [0.3, 0.4) is 0 Å². The van der Waals surface area contributed by atoms with Gasteiger partial charge in [-0.1, -0.05) is 12.8 Å². The van der Waals surface area contributed by atoms with Gasteiger partial charge in [-0.3, -0.25) is 4.79 Å². The molecule has 0 heterocycles. The van der Waals surface area contributed by atoms with E-state index in [-0.39, 0.29) is 0 Å². The maximum Gasteiger partial charge on any atom is 0.207 e. The fraction of sp³-hybridized carbons (Fsp3) is 0.750. The van der Waals surface area contributed by atoms with Crippen LogP contribution in [0.2, 0.25) is 0 Å². The van der Waals surface area contributed by atoms with E-state index in [1.165, 1.54) is 6.42 Å². The molecule has 11 heavy (non-hydrogen) atoms. The summed E-state index contributed by atoms with van der Waals surface area (Å²) < 4.78 is 0. The fourth-order valence-corrected chi connectivity index (χ4v) is 0.863. The number of nitrogens with one attached hydrogen (secondary N) is 1. The van der Waals surface area contributed by atoms with Crippen molar-refractivity contribution in [1.29, 1.82) is 0 Å². The first-order valence-corrected chi connectivity index (χ1v) is 4.01. The summed E-state index contributed by atoms with van der Waals surface area (Å²) in [5.74, 6) is 0. The summed E-state index contributed by atoms with van der Waals surface area (Å²) in [6.45, 7) is 5.06. The third-order valence-corrected chi connectivity index (χ3v) is 1.47. The second-order valence-corrected chi connectivity index (χ2v) is 2.43. The zero-order valence-electron chi connectivity index (χ0n) is 6.88. The second kappa shape index (κ2) is 9.14. The highest BCUT2D eigenvalue weighted by molar-refractivity contribution is 5.45. The molecule has 0 fully saturated rings. The fourth-order valence-electron chi connectivity index (χ4n) is 0.863. The molecule has 0 aromatic heterocycles. The van der Waals surface area contributed by atoms with Crippen molar-refractivity contribution in [3.05, 3.63) is 0 Å². The molecule has 1 amide bonds. The Balaban J connectivity index is 2.79. The molecule has 0 unspecified atom stereocenters. The first kappa shape index (κ1) is 10.1. The van der Waals surface area contributed by atoms with Crippen LogP contribution in [0.25, 0.3) is 0 Å². The average Bonchev–Trinajstić information content (AvgIpc) is 2.03. The summed E-state index contributed by atoms with van der Waals surface area (Å²) in [5.41, 5.74) is 0. The van der Waals surface area contributed by atoms with Crippen LogP contribution < -0.4 is 5.32 Å². The number of aliphatic imine (C=N–C) groups is 1. The Bertz CT molecular complexity index is 92.3. The first-order valence-electron chi connectivity index (χ1n) is 4.01. The standard InChI is InChI=1S/C8H16N2O/c1-9-6-4-2-3-5-7-10-8-11/h8H,1-7H2,(H,10,11). The van der Waals surface area contributed by atoms with Gasteiger partial charge in [-0.15, -0.1) is 0 Å². The van der Waals surface area contributed by atoms with Crippen molar-refractivity contribution in [3.8, 4) is 0 Å². The van der Waals surface area contributed by atoms with Gasteiger partial charge in [-0.25, -0.2) is 0 Å². The van der Waals surface area contributed by atoms with E-state index in [4.69, 9.17) is 0 Å². The van der Waals surface area contributed by atoms with Crippen molar-refractivity contribution in [2.45, 2.75) is 25.7 Å². The van der Waals surface area contributed by atoms with Crippen molar-refractivity contribution in [3.63, 3.8) is 0 Å². The molecule has 0 aliphatic carbocycles. The average molecular weight is 156 g/mol. The third-order valence-electron chi connectivity index (χ3n) is 1.47.